The van der Waals surface area contributed by atoms with Crippen molar-refractivity contribution >= 4 is 11.5 Å². The fourth-order valence-electron chi connectivity index (χ4n) is 1.59. The Bertz CT molecular complexity index is 456. The van der Waals surface area contributed by atoms with Crippen molar-refractivity contribution < 1.29 is 0 Å². The molecule has 1 saturated carbocycles. The van der Waals surface area contributed by atoms with E-state index in [1.165, 1.54) is 12.8 Å². The van der Waals surface area contributed by atoms with E-state index in [0.29, 0.717) is 5.92 Å². The van der Waals surface area contributed by atoms with Crippen molar-refractivity contribution in [1.29, 1.82) is 0 Å². The Morgan fingerprint density at radius 1 is 1.31 bits per heavy atom. The SMILES string of the molecule is Nc1cccc2nnc(C3CC3)n12. The smallest absolute Gasteiger partial charge is 0.162 e. The monoisotopic (exact) mass is 174 g/mol. The normalized spacial score (nSPS) is 16.6. The van der Waals surface area contributed by atoms with Gasteiger partial charge in [0.1, 0.15) is 11.6 Å². The highest BCUT2D eigenvalue weighted by molar-refractivity contribution is 5.48. The molecule has 4 nitrogen and oxygen atoms in total. The average molecular weight is 174 g/mol. The number of fused-ring (bicyclic) bond motifs is 1. The molecule has 1 aliphatic rings. The van der Waals surface area contributed by atoms with Crippen LogP contribution < -0.4 is 5.73 Å². The van der Waals surface area contributed by atoms with E-state index in [1.807, 2.05) is 22.6 Å². The van der Waals surface area contributed by atoms with Gasteiger partial charge in [0.05, 0.1) is 0 Å². The number of hydrogen-bond donors (Lipinski definition) is 1. The largest absolute Gasteiger partial charge is 0.385 e. The molecule has 0 spiro atoms. The molecule has 1 aliphatic carbocycles. The molecule has 2 aromatic rings. The number of rotatable bonds is 1. The van der Waals surface area contributed by atoms with E-state index in [9.17, 15) is 0 Å². The quantitative estimate of drug-likeness (QED) is 0.706. The minimum absolute atomic E-state index is 0.583. The van der Waals surface area contributed by atoms with Crippen LogP contribution in [0.15, 0.2) is 18.2 Å². The summed E-state index contributed by atoms with van der Waals surface area (Å²) in [6, 6.07) is 5.70. The maximum atomic E-state index is 5.85. The molecule has 0 unspecified atom stereocenters. The van der Waals surface area contributed by atoms with Crippen molar-refractivity contribution in [3.05, 3.63) is 24.0 Å². The maximum Gasteiger partial charge on any atom is 0.162 e. The lowest BCUT2D eigenvalue weighted by molar-refractivity contribution is 0.902. The molecule has 13 heavy (non-hydrogen) atoms. The number of aromatic nitrogens is 3. The van der Waals surface area contributed by atoms with Gasteiger partial charge in [0.15, 0.2) is 5.65 Å². The summed E-state index contributed by atoms with van der Waals surface area (Å²) >= 11 is 0. The molecule has 4 heteroatoms. The fraction of sp³-hybridized carbons (Fsp3) is 0.333. The summed E-state index contributed by atoms with van der Waals surface area (Å²) in [5, 5.41) is 8.22. The van der Waals surface area contributed by atoms with Crippen LogP contribution in [0, 0.1) is 0 Å². The van der Waals surface area contributed by atoms with Gasteiger partial charge in [-0.25, -0.2) is 0 Å². The second-order valence-corrected chi connectivity index (χ2v) is 3.48. The predicted octanol–water partition coefficient (Wildman–Crippen LogP) is 1.19. The van der Waals surface area contributed by atoms with Crippen molar-refractivity contribution in [2.24, 2.45) is 0 Å². The minimum Gasteiger partial charge on any atom is -0.385 e. The Morgan fingerprint density at radius 2 is 2.15 bits per heavy atom. The third-order valence-corrected chi connectivity index (χ3v) is 2.43. The second-order valence-electron chi connectivity index (χ2n) is 3.48. The highest BCUT2D eigenvalue weighted by Crippen LogP contribution is 2.39. The van der Waals surface area contributed by atoms with Crippen LogP contribution in [-0.2, 0) is 0 Å². The van der Waals surface area contributed by atoms with Crippen LogP contribution in [0.1, 0.15) is 24.6 Å². The second kappa shape index (κ2) is 2.22. The van der Waals surface area contributed by atoms with Crippen molar-refractivity contribution in [3.8, 4) is 0 Å². The third-order valence-electron chi connectivity index (χ3n) is 2.43. The molecule has 0 radical (unpaired) electrons. The van der Waals surface area contributed by atoms with Gasteiger partial charge in [0.25, 0.3) is 0 Å². The summed E-state index contributed by atoms with van der Waals surface area (Å²) < 4.78 is 1.94. The number of hydrogen-bond acceptors (Lipinski definition) is 3. The lowest BCUT2D eigenvalue weighted by Crippen LogP contribution is -1.99. The highest BCUT2D eigenvalue weighted by atomic mass is 15.3. The van der Waals surface area contributed by atoms with Gasteiger partial charge in [0.2, 0.25) is 0 Å². The Kier molecular flexibility index (Phi) is 1.17. The number of pyridine rings is 1. The molecule has 1 fully saturated rings. The molecular formula is C9H10N4. The van der Waals surface area contributed by atoms with Crippen LogP contribution in [0.25, 0.3) is 5.65 Å². The molecule has 3 rings (SSSR count). The summed E-state index contributed by atoms with van der Waals surface area (Å²) in [7, 11) is 0. The Morgan fingerprint density at radius 3 is 2.92 bits per heavy atom. The highest BCUT2D eigenvalue weighted by Gasteiger charge is 2.28. The van der Waals surface area contributed by atoms with Crippen LogP contribution in [0.3, 0.4) is 0 Å². The molecule has 0 amide bonds. The number of nitrogen functional groups attached to an aromatic ring is 1. The van der Waals surface area contributed by atoms with E-state index < -0.39 is 0 Å². The van der Waals surface area contributed by atoms with E-state index in [2.05, 4.69) is 10.2 Å². The van der Waals surface area contributed by atoms with Crippen LogP contribution in [-0.4, -0.2) is 14.6 Å². The van der Waals surface area contributed by atoms with E-state index in [-0.39, 0.29) is 0 Å². The molecule has 0 aromatic carbocycles. The third kappa shape index (κ3) is 0.915. The summed E-state index contributed by atoms with van der Waals surface area (Å²) in [4.78, 5) is 0. The molecular weight excluding hydrogens is 164 g/mol. The van der Waals surface area contributed by atoms with E-state index in [1.54, 1.807) is 0 Å². The lowest BCUT2D eigenvalue weighted by Gasteiger charge is -2.00. The Labute approximate surface area is 75.4 Å². The van der Waals surface area contributed by atoms with Gasteiger partial charge in [-0.2, -0.15) is 0 Å². The van der Waals surface area contributed by atoms with Gasteiger partial charge in [-0.15, -0.1) is 10.2 Å². The summed E-state index contributed by atoms with van der Waals surface area (Å²) in [6.45, 7) is 0. The van der Waals surface area contributed by atoms with Gasteiger partial charge in [0, 0.05) is 5.92 Å². The molecule has 66 valence electrons. The van der Waals surface area contributed by atoms with Crippen LogP contribution in [0.2, 0.25) is 0 Å². The molecule has 0 bridgehead atoms. The standard InChI is InChI=1S/C9H10N4/c10-7-2-1-3-8-11-12-9(13(7)8)6-4-5-6/h1-3,6H,4-5,10H2. The molecule has 2 heterocycles. The Balaban J connectivity index is 2.34. The zero-order valence-electron chi connectivity index (χ0n) is 7.14. The molecule has 0 aliphatic heterocycles. The first-order valence-corrected chi connectivity index (χ1v) is 4.46. The summed E-state index contributed by atoms with van der Waals surface area (Å²) in [6.07, 6.45) is 2.43. The van der Waals surface area contributed by atoms with Crippen LogP contribution in [0.5, 0.6) is 0 Å². The first-order valence-electron chi connectivity index (χ1n) is 4.46. The summed E-state index contributed by atoms with van der Waals surface area (Å²) in [5.41, 5.74) is 6.70. The van der Waals surface area contributed by atoms with Gasteiger partial charge >= 0.3 is 0 Å². The van der Waals surface area contributed by atoms with Gasteiger partial charge in [-0.05, 0) is 25.0 Å². The number of nitrogens with two attached hydrogens (primary N) is 1. The van der Waals surface area contributed by atoms with Crippen molar-refractivity contribution in [2.45, 2.75) is 18.8 Å². The van der Waals surface area contributed by atoms with E-state index in [4.69, 9.17) is 5.73 Å². The summed E-state index contributed by atoms with van der Waals surface area (Å²) in [5.74, 6) is 2.33. The van der Waals surface area contributed by atoms with Gasteiger partial charge in [-0.1, -0.05) is 6.07 Å². The average Bonchev–Trinajstić information content (AvgIpc) is 2.87. The Hall–Kier alpha value is -1.58. The first kappa shape index (κ1) is 6.88. The number of anilines is 1. The van der Waals surface area contributed by atoms with Crippen molar-refractivity contribution in [2.75, 3.05) is 5.73 Å². The molecule has 2 aromatic heterocycles. The van der Waals surface area contributed by atoms with Crippen LogP contribution >= 0.6 is 0 Å². The molecule has 2 N–H and O–H groups in total. The molecule has 0 atom stereocenters. The van der Waals surface area contributed by atoms with Gasteiger partial charge < -0.3 is 5.73 Å². The fourth-order valence-corrected chi connectivity index (χ4v) is 1.59. The molecule has 0 saturated heterocycles. The first-order chi connectivity index (χ1) is 6.36. The van der Waals surface area contributed by atoms with Gasteiger partial charge in [-0.3, -0.25) is 4.40 Å². The number of nitrogens with zero attached hydrogens (tertiary/aromatic N) is 3. The van der Waals surface area contributed by atoms with Crippen molar-refractivity contribution in [1.82, 2.24) is 14.6 Å². The zero-order chi connectivity index (χ0) is 8.84. The van der Waals surface area contributed by atoms with E-state index >= 15 is 0 Å². The topological polar surface area (TPSA) is 56.2 Å². The van der Waals surface area contributed by atoms with Crippen LogP contribution in [0.4, 0.5) is 5.82 Å². The maximum absolute atomic E-state index is 5.85. The van der Waals surface area contributed by atoms with Crippen molar-refractivity contribution in [3.63, 3.8) is 0 Å². The zero-order valence-corrected chi connectivity index (χ0v) is 7.14. The predicted molar refractivity (Wildman–Crippen MR) is 49.4 cm³/mol. The van der Waals surface area contributed by atoms with E-state index in [0.717, 1.165) is 17.3 Å². The lowest BCUT2D eigenvalue weighted by atomic mass is 10.4. The minimum atomic E-state index is 0.583.